The minimum atomic E-state index is -0.0842. The van der Waals surface area contributed by atoms with Crippen LogP contribution in [0.4, 0.5) is 0 Å². The van der Waals surface area contributed by atoms with Crippen molar-refractivity contribution < 1.29 is 4.79 Å². The van der Waals surface area contributed by atoms with Gasteiger partial charge >= 0.3 is 0 Å². The second-order valence-electron chi connectivity index (χ2n) is 7.92. The third kappa shape index (κ3) is 3.33. The van der Waals surface area contributed by atoms with Gasteiger partial charge in [0.05, 0.1) is 6.20 Å². The maximum atomic E-state index is 13.3. The molecule has 2 aliphatic heterocycles. The number of hydrogen-bond acceptors (Lipinski definition) is 5. The highest BCUT2D eigenvalue weighted by Crippen LogP contribution is 2.36. The fraction of sp³-hybridized carbons (Fsp3) is 0.304. The summed E-state index contributed by atoms with van der Waals surface area (Å²) in [7, 11) is 0. The number of piperidine rings is 1. The molecule has 2 aromatic heterocycles. The summed E-state index contributed by atoms with van der Waals surface area (Å²) in [5.41, 5.74) is 3.14. The number of thioether (sulfide) groups is 1. The number of amides is 1. The van der Waals surface area contributed by atoms with Crippen LogP contribution in [0.3, 0.4) is 0 Å². The Morgan fingerprint density at radius 2 is 1.90 bits per heavy atom. The van der Waals surface area contributed by atoms with Crippen molar-refractivity contribution in [3.8, 4) is 11.1 Å². The molecule has 0 radical (unpaired) electrons. The molecule has 2 atom stereocenters. The molecule has 6 nitrogen and oxygen atoms in total. The lowest BCUT2D eigenvalue weighted by Gasteiger charge is -2.42. The Morgan fingerprint density at radius 3 is 2.63 bits per heavy atom. The van der Waals surface area contributed by atoms with Crippen molar-refractivity contribution in [3.05, 3.63) is 76.7 Å². The standard InChI is InChI=1S/C23H22N4O2S/c1-30-18-4-2-16(3-5-18)19-6-7-21-17-10-15(13-27(21)22(19)28)12-26(14-17)23(29)20-11-24-8-9-25-20/h2-9,11,15,17H,10,12-14H2,1H3/t15-,17-/m1/s1. The Bertz CT molecular complexity index is 1140. The van der Waals surface area contributed by atoms with Crippen LogP contribution in [0.25, 0.3) is 11.1 Å². The molecule has 1 saturated heterocycles. The maximum Gasteiger partial charge on any atom is 0.274 e. The summed E-state index contributed by atoms with van der Waals surface area (Å²) in [5.74, 6) is 0.349. The zero-order valence-corrected chi connectivity index (χ0v) is 17.5. The fourth-order valence-corrected chi connectivity index (χ4v) is 5.08. The monoisotopic (exact) mass is 418 g/mol. The zero-order valence-electron chi connectivity index (χ0n) is 16.7. The first-order valence-electron chi connectivity index (χ1n) is 10.1. The van der Waals surface area contributed by atoms with E-state index < -0.39 is 0 Å². The van der Waals surface area contributed by atoms with Gasteiger partial charge in [-0.2, -0.15) is 0 Å². The first kappa shape index (κ1) is 19.1. The van der Waals surface area contributed by atoms with Gasteiger partial charge in [0.2, 0.25) is 0 Å². The highest BCUT2D eigenvalue weighted by Gasteiger charge is 2.37. The van der Waals surface area contributed by atoms with E-state index in [1.165, 1.54) is 11.1 Å². The quantitative estimate of drug-likeness (QED) is 0.611. The summed E-state index contributed by atoms with van der Waals surface area (Å²) < 4.78 is 1.93. The fourth-order valence-electron chi connectivity index (χ4n) is 4.67. The van der Waals surface area contributed by atoms with Crippen LogP contribution in [0.15, 0.2) is 64.7 Å². The molecule has 0 saturated carbocycles. The van der Waals surface area contributed by atoms with E-state index in [9.17, 15) is 9.59 Å². The highest BCUT2D eigenvalue weighted by atomic mass is 32.2. The Kier molecular flexibility index (Phi) is 4.90. The molecular formula is C23H22N4O2S. The van der Waals surface area contributed by atoms with Crippen molar-refractivity contribution in [2.75, 3.05) is 19.3 Å². The van der Waals surface area contributed by atoms with Gasteiger partial charge in [-0.3, -0.25) is 14.6 Å². The van der Waals surface area contributed by atoms with Crippen molar-refractivity contribution in [1.82, 2.24) is 19.4 Å². The number of nitrogens with zero attached hydrogens (tertiary/aromatic N) is 4. The Morgan fingerprint density at radius 1 is 1.07 bits per heavy atom. The van der Waals surface area contributed by atoms with Crippen molar-refractivity contribution in [2.24, 2.45) is 5.92 Å². The first-order chi connectivity index (χ1) is 14.6. The van der Waals surface area contributed by atoms with E-state index in [1.807, 2.05) is 46.1 Å². The third-order valence-corrected chi connectivity index (χ3v) is 6.82. The van der Waals surface area contributed by atoms with Gasteiger partial charge in [0.25, 0.3) is 11.5 Å². The summed E-state index contributed by atoms with van der Waals surface area (Å²) in [4.78, 5) is 37.4. The largest absolute Gasteiger partial charge is 0.336 e. The highest BCUT2D eigenvalue weighted by molar-refractivity contribution is 7.98. The number of benzene rings is 1. The molecule has 0 spiro atoms. The maximum absolute atomic E-state index is 13.3. The summed E-state index contributed by atoms with van der Waals surface area (Å²) in [6.45, 7) is 1.89. The second-order valence-corrected chi connectivity index (χ2v) is 8.80. The van der Waals surface area contributed by atoms with Gasteiger partial charge in [-0.1, -0.05) is 12.1 Å². The van der Waals surface area contributed by atoms with Crippen molar-refractivity contribution in [2.45, 2.75) is 23.8 Å². The molecule has 30 heavy (non-hydrogen) atoms. The van der Waals surface area contributed by atoms with Gasteiger partial charge < -0.3 is 9.47 Å². The summed E-state index contributed by atoms with van der Waals surface area (Å²) in [6, 6.07) is 12.1. The topological polar surface area (TPSA) is 68.1 Å². The van der Waals surface area contributed by atoms with Crippen LogP contribution < -0.4 is 5.56 Å². The van der Waals surface area contributed by atoms with Crippen LogP contribution >= 0.6 is 11.8 Å². The number of hydrogen-bond donors (Lipinski definition) is 0. The van der Waals surface area contributed by atoms with Crippen LogP contribution in [0, 0.1) is 5.92 Å². The summed E-state index contributed by atoms with van der Waals surface area (Å²) in [6.07, 6.45) is 7.67. The van der Waals surface area contributed by atoms with Crippen molar-refractivity contribution in [3.63, 3.8) is 0 Å². The molecule has 0 N–H and O–H groups in total. The molecule has 1 aromatic carbocycles. The van der Waals surface area contributed by atoms with Gasteiger partial charge in [-0.25, -0.2) is 4.98 Å². The average molecular weight is 419 g/mol. The number of likely N-dealkylation sites (tertiary alicyclic amines) is 1. The molecule has 2 bridgehead atoms. The molecule has 5 rings (SSSR count). The number of aromatic nitrogens is 3. The van der Waals surface area contributed by atoms with Gasteiger partial charge in [0, 0.05) is 54.1 Å². The lowest BCUT2D eigenvalue weighted by molar-refractivity contribution is 0.0588. The number of fused-ring (bicyclic) bond motifs is 4. The SMILES string of the molecule is CSc1ccc(-c2ccc3n(c2=O)C[C@@H]2C[C@@H]3CN(C(=O)c3cnccn3)C2)cc1. The van der Waals surface area contributed by atoms with Crippen LogP contribution in [-0.2, 0) is 6.54 Å². The zero-order chi connectivity index (χ0) is 20.7. The smallest absolute Gasteiger partial charge is 0.274 e. The predicted molar refractivity (Wildman–Crippen MR) is 117 cm³/mol. The number of rotatable bonds is 3. The summed E-state index contributed by atoms with van der Waals surface area (Å²) >= 11 is 1.69. The van der Waals surface area contributed by atoms with E-state index >= 15 is 0 Å². The molecule has 0 aliphatic carbocycles. The van der Waals surface area contributed by atoms with E-state index in [4.69, 9.17) is 0 Å². The van der Waals surface area contributed by atoms with Crippen molar-refractivity contribution >= 4 is 17.7 Å². The van der Waals surface area contributed by atoms with Gasteiger partial charge in [0.1, 0.15) is 5.69 Å². The molecule has 3 aromatic rings. The van der Waals surface area contributed by atoms with E-state index in [2.05, 4.69) is 16.0 Å². The molecule has 4 heterocycles. The normalized spacial score (nSPS) is 20.0. The lowest BCUT2D eigenvalue weighted by atomic mass is 9.82. The molecule has 7 heteroatoms. The molecule has 1 fully saturated rings. The van der Waals surface area contributed by atoms with Crippen LogP contribution in [0.5, 0.6) is 0 Å². The van der Waals surface area contributed by atoms with E-state index in [1.54, 1.807) is 24.2 Å². The predicted octanol–water partition coefficient (Wildman–Crippen LogP) is 3.29. The van der Waals surface area contributed by atoms with Gasteiger partial charge in [-0.15, -0.1) is 11.8 Å². The molecule has 152 valence electrons. The molecule has 0 unspecified atom stereocenters. The van der Waals surface area contributed by atoms with Crippen molar-refractivity contribution in [1.29, 1.82) is 0 Å². The Labute approximate surface area is 179 Å². The molecule has 1 amide bonds. The van der Waals surface area contributed by atoms with Gasteiger partial charge in [-0.05, 0) is 48.4 Å². The van der Waals surface area contributed by atoms with E-state index in [0.29, 0.717) is 25.3 Å². The second kappa shape index (κ2) is 7.72. The average Bonchev–Trinajstić information content (AvgIpc) is 2.80. The first-order valence-corrected chi connectivity index (χ1v) is 11.3. The molecule has 2 aliphatic rings. The van der Waals surface area contributed by atoms with E-state index in [0.717, 1.165) is 23.2 Å². The molecular weight excluding hydrogens is 396 g/mol. The number of carbonyl (C=O) groups excluding carboxylic acids is 1. The van der Waals surface area contributed by atoms with Gasteiger partial charge in [0.15, 0.2) is 0 Å². The minimum Gasteiger partial charge on any atom is -0.336 e. The minimum absolute atomic E-state index is 0.0628. The number of pyridine rings is 1. The van der Waals surface area contributed by atoms with Crippen LogP contribution in [-0.4, -0.2) is 44.7 Å². The summed E-state index contributed by atoms with van der Waals surface area (Å²) in [5, 5.41) is 0. The Hall–Kier alpha value is -2.93. The number of carbonyl (C=O) groups is 1. The lowest BCUT2D eigenvalue weighted by Crippen LogP contribution is -2.49. The van der Waals surface area contributed by atoms with E-state index in [-0.39, 0.29) is 23.3 Å². The van der Waals surface area contributed by atoms with Crippen LogP contribution in [0.2, 0.25) is 0 Å². The third-order valence-electron chi connectivity index (χ3n) is 6.07. The van der Waals surface area contributed by atoms with Crippen LogP contribution in [0.1, 0.15) is 28.5 Å². The Balaban J connectivity index is 1.45.